The maximum Gasteiger partial charge on any atom is 0.260 e. The largest absolute Gasteiger partial charge is 0.301 e. The van der Waals surface area contributed by atoms with Crippen LogP contribution in [0.15, 0.2) is 30.3 Å². The van der Waals surface area contributed by atoms with Crippen molar-refractivity contribution in [2.75, 3.05) is 0 Å². The van der Waals surface area contributed by atoms with Gasteiger partial charge < -0.3 is 5.32 Å². The second-order valence-electron chi connectivity index (χ2n) is 3.51. The monoisotopic (exact) mass is 234 g/mol. The van der Waals surface area contributed by atoms with E-state index >= 15 is 0 Å². The van der Waals surface area contributed by atoms with Crippen molar-refractivity contribution in [2.24, 2.45) is 0 Å². The summed E-state index contributed by atoms with van der Waals surface area (Å²) in [6.07, 6.45) is 0. The van der Waals surface area contributed by atoms with Crippen molar-refractivity contribution in [3.8, 4) is 0 Å². The van der Waals surface area contributed by atoms with Gasteiger partial charge in [0.15, 0.2) is 5.11 Å². The number of amides is 2. The number of thiocarbonyl (C=S) groups is 1. The lowest BCUT2D eigenvalue weighted by molar-refractivity contribution is -0.120. The predicted molar refractivity (Wildman–Crippen MR) is 62.8 cm³/mol. The molecule has 1 unspecified atom stereocenters. The molecule has 0 bridgehead atoms. The van der Waals surface area contributed by atoms with E-state index in [-0.39, 0.29) is 16.9 Å². The fraction of sp³-hybridized carbons (Fsp3) is 0.182. The van der Waals surface area contributed by atoms with Crippen LogP contribution in [0.2, 0.25) is 0 Å². The van der Waals surface area contributed by atoms with Crippen LogP contribution < -0.4 is 5.32 Å². The highest BCUT2D eigenvalue weighted by Crippen LogP contribution is 2.13. The van der Waals surface area contributed by atoms with Crippen molar-refractivity contribution in [3.63, 3.8) is 0 Å². The van der Waals surface area contributed by atoms with Crippen LogP contribution in [0, 0.1) is 0 Å². The first-order chi connectivity index (χ1) is 7.61. The lowest BCUT2D eigenvalue weighted by Gasteiger charge is -2.18. The van der Waals surface area contributed by atoms with E-state index in [0.717, 1.165) is 0 Å². The summed E-state index contributed by atoms with van der Waals surface area (Å²) in [5, 5.41) is 2.64. The van der Waals surface area contributed by atoms with Gasteiger partial charge in [0.05, 0.1) is 0 Å². The Balaban J connectivity index is 2.30. The van der Waals surface area contributed by atoms with Crippen LogP contribution in [0.25, 0.3) is 0 Å². The second-order valence-corrected chi connectivity index (χ2v) is 3.90. The topological polar surface area (TPSA) is 49.4 Å². The molecule has 1 heterocycles. The first-order valence-corrected chi connectivity index (χ1v) is 5.25. The third-order valence-electron chi connectivity index (χ3n) is 2.46. The van der Waals surface area contributed by atoms with Gasteiger partial charge in [-0.2, -0.15) is 0 Å². The van der Waals surface area contributed by atoms with E-state index in [1.165, 1.54) is 4.90 Å². The molecule has 4 nitrogen and oxygen atoms in total. The van der Waals surface area contributed by atoms with E-state index in [1.807, 2.05) is 6.07 Å². The highest BCUT2D eigenvalue weighted by atomic mass is 32.1. The summed E-state index contributed by atoms with van der Waals surface area (Å²) in [5.74, 6) is -0.495. The van der Waals surface area contributed by atoms with Crippen LogP contribution in [-0.2, 0) is 4.79 Å². The number of carbonyl (C=O) groups is 2. The molecule has 0 aromatic heterocycles. The summed E-state index contributed by atoms with van der Waals surface area (Å²) in [7, 11) is 0. The lowest BCUT2D eigenvalue weighted by atomic mass is 10.2. The molecule has 1 atom stereocenters. The molecular formula is C11H10N2O2S. The average Bonchev–Trinajstić information content (AvgIpc) is 2.54. The second kappa shape index (κ2) is 4.02. The molecule has 0 spiro atoms. The molecule has 0 radical (unpaired) electrons. The maximum absolute atomic E-state index is 12.1. The van der Waals surface area contributed by atoms with E-state index in [4.69, 9.17) is 12.2 Å². The summed E-state index contributed by atoms with van der Waals surface area (Å²) in [5.41, 5.74) is 0.521. The van der Waals surface area contributed by atoms with Gasteiger partial charge in [-0.05, 0) is 31.3 Å². The molecule has 1 fully saturated rings. The molecule has 16 heavy (non-hydrogen) atoms. The molecule has 5 heteroatoms. The van der Waals surface area contributed by atoms with Crippen LogP contribution in [0.4, 0.5) is 0 Å². The SMILES string of the molecule is CC1C(=O)NC(=S)N1C(=O)c1ccccc1. The molecule has 1 aliphatic heterocycles. The maximum atomic E-state index is 12.1. The van der Waals surface area contributed by atoms with E-state index < -0.39 is 6.04 Å². The van der Waals surface area contributed by atoms with Crippen molar-refractivity contribution >= 4 is 29.1 Å². The Morgan fingerprint density at radius 3 is 2.50 bits per heavy atom. The number of rotatable bonds is 1. The van der Waals surface area contributed by atoms with Gasteiger partial charge in [-0.1, -0.05) is 18.2 Å². The predicted octanol–water partition coefficient (Wildman–Crippen LogP) is 0.932. The summed E-state index contributed by atoms with van der Waals surface area (Å²) in [6, 6.07) is 8.21. The van der Waals surface area contributed by atoms with Crippen LogP contribution in [0.3, 0.4) is 0 Å². The standard InChI is InChI=1S/C11H10N2O2S/c1-7-9(14)12-11(16)13(7)10(15)8-5-3-2-4-6-8/h2-7H,1H3,(H,12,14,16). The normalized spacial score (nSPS) is 19.8. The third-order valence-corrected chi connectivity index (χ3v) is 2.75. The Kier molecular flexibility index (Phi) is 2.70. The molecule has 1 aliphatic rings. The Hall–Kier alpha value is -1.75. The zero-order chi connectivity index (χ0) is 11.7. The van der Waals surface area contributed by atoms with Crippen LogP contribution in [0.1, 0.15) is 17.3 Å². The van der Waals surface area contributed by atoms with Crippen molar-refractivity contribution in [3.05, 3.63) is 35.9 Å². The minimum Gasteiger partial charge on any atom is -0.301 e. The minimum absolute atomic E-state index is 0.173. The summed E-state index contributed by atoms with van der Waals surface area (Å²) in [6.45, 7) is 1.65. The molecule has 1 N–H and O–H groups in total. The first-order valence-electron chi connectivity index (χ1n) is 4.84. The van der Waals surface area contributed by atoms with Gasteiger partial charge in [0.25, 0.3) is 5.91 Å². The highest BCUT2D eigenvalue weighted by Gasteiger charge is 2.36. The van der Waals surface area contributed by atoms with Gasteiger partial charge in [0.2, 0.25) is 5.91 Å². The Bertz CT molecular complexity index is 458. The van der Waals surface area contributed by atoms with Crippen molar-refractivity contribution in [1.82, 2.24) is 10.2 Å². The third kappa shape index (κ3) is 1.69. The Morgan fingerprint density at radius 1 is 1.38 bits per heavy atom. The number of carbonyl (C=O) groups excluding carboxylic acids is 2. The van der Waals surface area contributed by atoms with E-state index in [2.05, 4.69) is 5.32 Å². The number of benzene rings is 1. The van der Waals surface area contributed by atoms with Gasteiger partial charge in [0.1, 0.15) is 6.04 Å². The van der Waals surface area contributed by atoms with Crippen molar-refractivity contribution in [1.29, 1.82) is 0 Å². The van der Waals surface area contributed by atoms with Gasteiger partial charge in [-0.3, -0.25) is 14.5 Å². The van der Waals surface area contributed by atoms with Crippen LogP contribution in [-0.4, -0.2) is 27.9 Å². The Labute approximate surface area is 98.2 Å². The van der Waals surface area contributed by atoms with E-state index in [9.17, 15) is 9.59 Å². The first kappa shape index (κ1) is 10.8. The molecule has 1 saturated heterocycles. The van der Waals surface area contributed by atoms with Crippen LogP contribution in [0.5, 0.6) is 0 Å². The molecular weight excluding hydrogens is 224 g/mol. The molecule has 2 amide bonds. The number of nitrogens with zero attached hydrogens (tertiary/aromatic N) is 1. The molecule has 1 aromatic rings. The highest BCUT2D eigenvalue weighted by molar-refractivity contribution is 7.80. The van der Waals surface area contributed by atoms with Crippen LogP contribution >= 0.6 is 12.2 Å². The van der Waals surface area contributed by atoms with Gasteiger partial charge >= 0.3 is 0 Å². The van der Waals surface area contributed by atoms with Crippen molar-refractivity contribution in [2.45, 2.75) is 13.0 Å². The van der Waals surface area contributed by atoms with Gasteiger partial charge in [0, 0.05) is 5.56 Å². The zero-order valence-electron chi connectivity index (χ0n) is 8.64. The van der Waals surface area contributed by atoms with Gasteiger partial charge in [-0.25, -0.2) is 0 Å². The average molecular weight is 234 g/mol. The zero-order valence-corrected chi connectivity index (χ0v) is 9.45. The molecule has 1 aromatic carbocycles. The van der Waals surface area contributed by atoms with Crippen molar-refractivity contribution < 1.29 is 9.59 Å². The summed E-state index contributed by atoms with van der Waals surface area (Å²) in [4.78, 5) is 24.7. The number of nitrogens with one attached hydrogen (secondary N) is 1. The van der Waals surface area contributed by atoms with E-state index in [1.54, 1.807) is 31.2 Å². The molecule has 2 rings (SSSR count). The fourth-order valence-corrected chi connectivity index (χ4v) is 1.89. The molecule has 0 saturated carbocycles. The summed E-state index contributed by atoms with van der Waals surface area (Å²) < 4.78 is 0. The van der Waals surface area contributed by atoms with Gasteiger partial charge in [-0.15, -0.1) is 0 Å². The smallest absolute Gasteiger partial charge is 0.260 e. The fourth-order valence-electron chi connectivity index (χ4n) is 1.55. The molecule has 82 valence electrons. The van der Waals surface area contributed by atoms with E-state index in [0.29, 0.717) is 5.56 Å². The summed E-state index contributed by atoms with van der Waals surface area (Å²) >= 11 is 4.94. The Morgan fingerprint density at radius 2 is 2.00 bits per heavy atom. The lowest BCUT2D eigenvalue weighted by Crippen LogP contribution is -2.38. The number of hydrogen-bond donors (Lipinski definition) is 1. The number of hydrogen-bond acceptors (Lipinski definition) is 3. The minimum atomic E-state index is -0.541. The molecule has 0 aliphatic carbocycles. The quantitative estimate of drug-likeness (QED) is 0.735.